The quantitative estimate of drug-likeness (QED) is 0.350. The van der Waals surface area contributed by atoms with E-state index in [1.165, 1.54) is 11.1 Å². The van der Waals surface area contributed by atoms with Crippen molar-refractivity contribution >= 4 is 33.6 Å². The van der Waals surface area contributed by atoms with Crippen LogP contribution >= 0.6 is 0 Å². The lowest BCUT2D eigenvalue weighted by atomic mass is 10.0. The number of para-hydroxylation sites is 2. The van der Waals surface area contributed by atoms with Gasteiger partial charge in [0, 0.05) is 34.9 Å². The average Bonchev–Trinajstić information content (AvgIpc) is 3.26. The lowest BCUT2D eigenvalue weighted by Crippen LogP contribution is -2.33. The summed E-state index contributed by atoms with van der Waals surface area (Å²) in [6.07, 6.45) is 1.23. The van der Waals surface area contributed by atoms with Crippen LogP contribution in [0.1, 0.15) is 17.5 Å². The van der Waals surface area contributed by atoms with E-state index in [1.54, 1.807) is 0 Å². The summed E-state index contributed by atoms with van der Waals surface area (Å²) >= 11 is 0. The molecule has 1 aliphatic heterocycles. The van der Waals surface area contributed by atoms with Crippen LogP contribution in [0, 0.1) is 0 Å². The van der Waals surface area contributed by atoms with Crippen LogP contribution < -0.4 is 10.6 Å². The third-order valence-electron chi connectivity index (χ3n) is 5.59. The molecule has 6 heteroatoms. The Balaban J connectivity index is 1.71. The second-order valence-corrected chi connectivity index (χ2v) is 7.42. The van der Waals surface area contributed by atoms with E-state index in [2.05, 4.69) is 44.9 Å². The van der Waals surface area contributed by atoms with Crippen LogP contribution in [0.25, 0.3) is 33.2 Å². The third-order valence-corrected chi connectivity index (χ3v) is 5.59. The minimum absolute atomic E-state index is 0.137. The highest BCUT2D eigenvalue weighted by Crippen LogP contribution is 2.35. The van der Waals surface area contributed by atoms with Crippen molar-refractivity contribution in [3.63, 3.8) is 0 Å². The molecule has 29 heavy (non-hydrogen) atoms. The van der Waals surface area contributed by atoms with Crippen molar-refractivity contribution in [2.24, 2.45) is 0 Å². The van der Waals surface area contributed by atoms with E-state index in [4.69, 9.17) is 0 Å². The number of aromatic nitrogens is 2. The molecule has 2 amide bonds. The van der Waals surface area contributed by atoms with Gasteiger partial charge in [0.2, 0.25) is 11.8 Å². The van der Waals surface area contributed by atoms with Crippen molar-refractivity contribution < 1.29 is 9.59 Å². The first-order valence-electron chi connectivity index (χ1n) is 9.93. The summed E-state index contributed by atoms with van der Waals surface area (Å²) in [7, 11) is 0. The molecule has 0 radical (unpaired) electrons. The Labute approximate surface area is 167 Å². The van der Waals surface area contributed by atoms with Crippen molar-refractivity contribution in [2.45, 2.75) is 19.3 Å². The average molecular weight is 386 g/mol. The minimum Gasteiger partial charge on any atom is -0.355 e. The molecule has 4 aromatic rings. The molecule has 3 heterocycles. The first-order chi connectivity index (χ1) is 14.2. The van der Waals surface area contributed by atoms with E-state index in [-0.39, 0.29) is 18.2 Å². The Morgan fingerprint density at radius 1 is 0.621 bits per heavy atom. The molecule has 2 aromatic heterocycles. The van der Waals surface area contributed by atoms with Gasteiger partial charge in [0.15, 0.2) is 0 Å². The zero-order valence-electron chi connectivity index (χ0n) is 16.0. The van der Waals surface area contributed by atoms with Gasteiger partial charge < -0.3 is 20.6 Å². The molecule has 0 saturated heterocycles. The van der Waals surface area contributed by atoms with Crippen molar-refractivity contribution in [1.82, 2.24) is 20.6 Å². The Hall–Kier alpha value is -3.54. The highest BCUT2D eigenvalue weighted by atomic mass is 16.2. The van der Waals surface area contributed by atoms with Crippen molar-refractivity contribution in [3.05, 3.63) is 59.7 Å². The lowest BCUT2D eigenvalue weighted by molar-refractivity contribution is -0.129. The molecule has 0 spiro atoms. The van der Waals surface area contributed by atoms with Gasteiger partial charge in [-0.2, -0.15) is 0 Å². The highest BCUT2D eigenvalue weighted by Gasteiger charge is 2.20. The number of amides is 2. The third kappa shape index (κ3) is 3.16. The highest BCUT2D eigenvalue weighted by molar-refractivity contribution is 5.98. The van der Waals surface area contributed by atoms with Crippen molar-refractivity contribution in [3.8, 4) is 11.4 Å². The minimum atomic E-state index is -0.243. The van der Waals surface area contributed by atoms with E-state index in [9.17, 15) is 9.59 Å². The number of carbonyl (C=O) groups excluding carboxylic acids is 2. The maximum absolute atomic E-state index is 12.1. The van der Waals surface area contributed by atoms with Gasteiger partial charge in [-0.25, -0.2) is 0 Å². The van der Waals surface area contributed by atoms with Gasteiger partial charge in [-0.15, -0.1) is 0 Å². The predicted molar refractivity (Wildman–Crippen MR) is 114 cm³/mol. The summed E-state index contributed by atoms with van der Waals surface area (Å²) in [5, 5.41) is 8.06. The normalized spacial score (nSPS) is 15.6. The molecular weight excluding hydrogens is 364 g/mol. The van der Waals surface area contributed by atoms with Gasteiger partial charge in [-0.1, -0.05) is 36.4 Å². The number of benzene rings is 2. The van der Waals surface area contributed by atoms with E-state index in [0.29, 0.717) is 25.9 Å². The molecule has 0 unspecified atom stereocenters. The number of aromatic amines is 2. The molecule has 2 aromatic carbocycles. The molecule has 0 saturated carbocycles. The number of H-pyrrole nitrogens is 2. The molecule has 0 atom stereocenters. The maximum Gasteiger partial charge on any atom is 0.229 e. The van der Waals surface area contributed by atoms with E-state index >= 15 is 0 Å². The van der Waals surface area contributed by atoms with Crippen LogP contribution in [0.4, 0.5) is 0 Å². The molecule has 4 N–H and O–H groups in total. The standard InChI is InChI=1S/C23H22N4O2/c28-20-13-21(29)25-12-10-17-15-6-2-4-8-19(15)27-23(17)22-16(9-11-24-20)14-5-1-3-7-18(14)26-22/h1-8,26-27H,9-13H2,(H,24,28)(H,25,29). The van der Waals surface area contributed by atoms with Gasteiger partial charge in [0.25, 0.3) is 0 Å². The van der Waals surface area contributed by atoms with Gasteiger partial charge in [-0.3, -0.25) is 9.59 Å². The van der Waals surface area contributed by atoms with Crippen LogP contribution in [0.3, 0.4) is 0 Å². The summed E-state index contributed by atoms with van der Waals surface area (Å²) in [4.78, 5) is 31.3. The molecule has 0 aliphatic carbocycles. The fraction of sp³-hybridized carbons (Fsp3) is 0.217. The van der Waals surface area contributed by atoms with Gasteiger partial charge in [0.05, 0.1) is 11.4 Å². The van der Waals surface area contributed by atoms with Crippen molar-refractivity contribution in [1.29, 1.82) is 0 Å². The van der Waals surface area contributed by atoms with Crippen molar-refractivity contribution in [2.75, 3.05) is 13.1 Å². The SMILES string of the molecule is O=C1CC(=O)NCCc2c([nH]c3ccccc23)-c2[nH]c3ccccc3c2CCN1. The fourth-order valence-electron chi connectivity index (χ4n) is 4.27. The number of hydrogen-bond acceptors (Lipinski definition) is 2. The molecule has 6 nitrogen and oxygen atoms in total. The van der Waals surface area contributed by atoms with Crippen LogP contribution in [-0.2, 0) is 22.4 Å². The van der Waals surface area contributed by atoms with Gasteiger partial charge in [0.1, 0.15) is 6.42 Å². The zero-order valence-corrected chi connectivity index (χ0v) is 16.0. The molecule has 0 bridgehead atoms. The second kappa shape index (κ2) is 7.13. The Kier molecular flexibility index (Phi) is 4.31. The molecule has 5 rings (SSSR count). The first kappa shape index (κ1) is 17.6. The van der Waals surface area contributed by atoms with Gasteiger partial charge >= 0.3 is 0 Å². The maximum atomic E-state index is 12.1. The largest absolute Gasteiger partial charge is 0.355 e. The van der Waals surface area contributed by atoms with Crippen LogP contribution in [0.15, 0.2) is 48.5 Å². The summed E-state index contributed by atoms with van der Waals surface area (Å²) in [5.74, 6) is -0.487. The summed E-state index contributed by atoms with van der Waals surface area (Å²) < 4.78 is 0. The molecule has 0 fully saturated rings. The monoisotopic (exact) mass is 386 g/mol. The number of carbonyl (C=O) groups is 2. The summed E-state index contributed by atoms with van der Waals surface area (Å²) in [6, 6.07) is 16.5. The van der Waals surface area contributed by atoms with E-state index < -0.39 is 0 Å². The lowest BCUT2D eigenvalue weighted by Gasteiger charge is -2.07. The predicted octanol–water partition coefficient (Wildman–Crippen LogP) is 3.04. The number of nitrogens with one attached hydrogen (secondary N) is 4. The number of hydrogen-bond donors (Lipinski definition) is 4. The molecule has 146 valence electrons. The summed E-state index contributed by atoms with van der Waals surface area (Å²) in [6.45, 7) is 0.965. The zero-order chi connectivity index (χ0) is 19.8. The molecule has 1 aliphatic rings. The van der Waals surface area contributed by atoms with Crippen LogP contribution in [0.2, 0.25) is 0 Å². The second-order valence-electron chi connectivity index (χ2n) is 7.42. The topological polar surface area (TPSA) is 89.8 Å². The van der Waals surface area contributed by atoms with E-state index in [0.717, 1.165) is 33.2 Å². The Morgan fingerprint density at radius 2 is 1.07 bits per heavy atom. The van der Waals surface area contributed by atoms with E-state index in [1.807, 2.05) is 24.3 Å². The Bertz CT molecular complexity index is 1140. The number of fused-ring (bicyclic) bond motifs is 7. The Morgan fingerprint density at radius 3 is 1.55 bits per heavy atom. The van der Waals surface area contributed by atoms with Gasteiger partial charge in [-0.05, 0) is 36.1 Å². The van der Waals surface area contributed by atoms with Crippen LogP contribution in [0.5, 0.6) is 0 Å². The smallest absolute Gasteiger partial charge is 0.229 e. The first-order valence-corrected chi connectivity index (χ1v) is 9.93. The van der Waals surface area contributed by atoms with Crippen LogP contribution in [-0.4, -0.2) is 34.9 Å². The summed E-state index contributed by atoms with van der Waals surface area (Å²) in [5.41, 5.74) is 6.61. The number of rotatable bonds is 0. The molecular formula is C23H22N4O2. The fourth-order valence-corrected chi connectivity index (χ4v) is 4.27.